The molecule has 8 heteroatoms. The van der Waals surface area contributed by atoms with Gasteiger partial charge < -0.3 is 14.7 Å². The lowest BCUT2D eigenvalue weighted by atomic mass is 9.98. The van der Waals surface area contributed by atoms with Crippen molar-refractivity contribution in [2.45, 2.75) is 12.3 Å². The van der Waals surface area contributed by atoms with Crippen molar-refractivity contribution >= 4 is 23.7 Å². The van der Waals surface area contributed by atoms with Gasteiger partial charge in [-0.15, -0.1) is 0 Å². The summed E-state index contributed by atoms with van der Waals surface area (Å²) in [6.07, 6.45) is 1.43. The number of piperidine rings is 1. The largest absolute Gasteiger partial charge is 0.481 e. The first-order valence-corrected chi connectivity index (χ1v) is 11.6. The van der Waals surface area contributed by atoms with Gasteiger partial charge in [-0.05, 0) is 46.7 Å². The SMILES string of the molecule is O=C(Nc1ccc(C(=O)N2CC3CC3(C(=O)O)C2)nc1)OCC1c2ccccc2-c2ccccc21. The van der Waals surface area contributed by atoms with Gasteiger partial charge in [0.05, 0.1) is 17.3 Å². The molecule has 2 aromatic carbocycles. The molecule has 2 unspecified atom stereocenters. The number of aliphatic carboxylic acids is 1. The second-order valence-corrected chi connectivity index (χ2v) is 9.43. The number of aromatic nitrogens is 1. The van der Waals surface area contributed by atoms with Gasteiger partial charge in [-0.1, -0.05) is 48.5 Å². The summed E-state index contributed by atoms with van der Waals surface area (Å²) in [6, 6.07) is 19.4. The summed E-state index contributed by atoms with van der Waals surface area (Å²) in [7, 11) is 0. The molecular weight excluding hydrogens is 446 g/mol. The summed E-state index contributed by atoms with van der Waals surface area (Å²) in [4.78, 5) is 42.4. The van der Waals surface area contributed by atoms with Gasteiger partial charge >= 0.3 is 12.1 Å². The first kappa shape index (κ1) is 21.3. The third-order valence-corrected chi connectivity index (χ3v) is 7.43. The summed E-state index contributed by atoms with van der Waals surface area (Å²) in [5.74, 6) is -1.15. The standard InChI is InChI=1S/C27H23N3O5/c31-24(30-13-16-11-27(16,15-30)25(32)33)23-10-9-17(12-28-23)29-26(34)35-14-22-20-7-3-1-5-18(20)19-6-2-4-8-21(19)22/h1-10,12,16,22H,11,13-15H2,(H,29,34)(H,32,33). The number of benzene rings is 2. The Morgan fingerprint density at radius 3 is 2.31 bits per heavy atom. The predicted octanol–water partition coefficient (Wildman–Crippen LogP) is 3.99. The predicted molar refractivity (Wildman–Crippen MR) is 127 cm³/mol. The van der Waals surface area contributed by atoms with Crippen LogP contribution >= 0.6 is 0 Å². The molecule has 1 saturated carbocycles. The number of carbonyl (C=O) groups excluding carboxylic acids is 2. The normalized spacial score (nSPS) is 21.6. The topological polar surface area (TPSA) is 109 Å². The Hall–Kier alpha value is -4.20. The summed E-state index contributed by atoms with van der Waals surface area (Å²) < 4.78 is 5.54. The van der Waals surface area contributed by atoms with Gasteiger partial charge in [0.15, 0.2) is 0 Å². The van der Waals surface area contributed by atoms with Crippen LogP contribution in [0.4, 0.5) is 10.5 Å². The molecule has 2 fully saturated rings. The zero-order valence-corrected chi connectivity index (χ0v) is 18.8. The van der Waals surface area contributed by atoms with Crippen molar-refractivity contribution in [3.8, 4) is 11.1 Å². The summed E-state index contributed by atoms with van der Waals surface area (Å²) in [6.45, 7) is 0.852. The fourth-order valence-electron chi connectivity index (χ4n) is 5.48. The zero-order valence-electron chi connectivity index (χ0n) is 18.8. The van der Waals surface area contributed by atoms with Crippen LogP contribution in [-0.2, 0) is 9.53 Å². The number of nitrogens with zero attached hydrogens (tertiary/aromatic N) is 2. The molecule has 35 heavy (non-hydrogen) atoms. The average Bonchev–Trinajstić information content (AvgIpc) is 3.30. The number of carbonyl (C=O) groups is 3. The maximum atomic E-state index is 12.7. The van der Waals surface area contributed by atoms with Crippen molar-refractivity contribution in [1.82, 2.24) is 9.88 Å². The number of pyridine rings is 1. The van der Waals surface area contributed by atoms with E-state index in [1.54, 1.807) is 11.0 Å². The third kappa shape index (κ3) is 3.53. The monoisotopic (exact) mass is 469 g/mol. The number of carboxylic acids is 1. The van der Waals surface area contributed by atoms with E-state index in [4.69, 9.17) is 4.74 Å². The van der Waals surface area contributed by atoms with Crippen molar-refractivity contribution in [2.75, 3.05) is 25.0 Å². The van der Waals surface area contributed by atoms with Crippen LogP contribution in [0.15, 0.2) is 66.9 Å². The van der Waals surface area contributed by atoms with Crippen LogP contribution in [-0.4, -0.2) is 52.7 Å². The first-order chi connectivity index (χ1) is 17.0. The highest BCUT2D eigenvalue weighted by molar-refractivity contribution is 5.94. The van der Waals surface area contributed by atoms with E-state index in [0.717, 1.165) is 22.3 Å². The second kappa shape index (κ2) is 7.94. The molecule has 2 N–H and O–H groups in total. The molecule has 3 aromatic rings. The average molecular weight is 469 g/mol. The number of ether oxygens (including phenoxy) is 1. The number of rotatable bonds is 5. The summed E-state index contributed by atoms with van der Waals surface area (Å²) in [5, 5.41) is 12.1. The molecule has 2 amide bonds. The van der Waals surface area contributed by atoms with Gasteiger partial charge in [0.25, 0.3) is 5.91 Å². The van der Waals surface area contributed by atoms with E-state index in [2.05, 4.69) is 34.6 Å². The van der Waals surface area contributed by atoms with E-state index in [9.17, 15) is 19.5 Å². The van der Waals surface area contributed by atoms with Crippen molar-refractivity contribution in [2.24, 2.45) is 11.3 Å². The van der Waals surface area contributed by atoms with E-state index in [-0.39, 0.29) is 36.6 Å². The Labute approximate surface area is 201 Å². The maximum absolute atomic E-state index is 12.7. The van der Waals surface area contributed by atoms with Crippen molar-refractivity contribution in [3.63, 3.8) is 0 Å². The van der Waals surface area contributed by atoms with Crippen LogP contribution < -0.4 is 5.32 Å². The van der Waals surface area contributed by atoms with Gasteiger partial charge in [-0.2, -0.15) is 0 Å². The Morgan fingerprint density at radius 1 is 1.03 bits per heavy atom. The maximum Gasteiger partial charge on any atom is 0.411 e. The van der Waals surface area contributed by atoms with Crippen LogP contribution in [0.3, 0.4) is 0 Å². The molecule has 6 rings (SSSR count). The molecule has 2 aliphatic carbocycles. The Bertz CT molecular complexity index is 1310. The lowest BCUT2D eigenvalue weighted by Crippen LogP contribution is -2.34. The minimum Gasteiger partial charge on any atom is -0.481 e. The van der Waals surface area contributed by atoms with Crippen molar-refractivity contribution in [1.29, 1.82) is 0 Å². The van der Waals surface area contributed by atoms with Crippen molar-refractivity contribution in [3.05, 3.63) is 83.7 Å². The number of hydrogen-bond acceptors (Lipinski definition) is 5. The van der Waals surface area contributed by atoms with Gasteiger partial charge in [-0.25, -0.2) is 9.78 Å². The minimum atomic E-state index is -0.839. The molecule has 3 aliphatic rings. The van der Waals surface area contributed by atoms with E-state index < -0.39 is 17.5 Å². The van der Waals surface area contributed by atoms with Crippen LogP contribution in [0, 0.1) is 11.3 Å². The van der Waals surface area contributed by atoms with Gasteiger partial charge in [0.1, 0.15) is 12.3 Å². The van der Waals surface area contributed by atoms with Gasteiger partial charge in [0, 0.05) is 19.0 Å². The quantitative estimate of drug-likeness (QED) is 0.585. The smallest absolute Gasteiger partial charge is 0.411 e. The first-order valence-electron chi connectivity index (χ1n) is 11.6. The fraction of sp³-hybridized carbons (Fsp3) is 0.259. The Morgan fingerprint density at radius 2 is 1.71 bits per heavy atom. The zero-order chi connectivity index (χ0) is 24.2. The van der Waals surface area contributed by atoms with Crippen molar-refractivity contribution < 1.29 is 24.2 Å². The van der Waals surface area contributed by atoms with E-state index in [1.165, 1.54) is 12.3 Å². The lowest BCUT2D eigenvalue weighted by Gasteiger charge is -2.19. The summed E-state index contributed by atoms with van der Waals surface area (Å²) in [5.41, 5.74) is 4.43. The number of hydrogen-bond donors (Lipinski definition) is 2. The molecule has 176 valence electrons. The molecule has 1 aromatic heterocycles. The number of likely N-dealkylation sites (tertiary alicyclic amines) is 1. The molecular formula is C27H23N3O5. The third-order valence-electron chi connectivity index (χ3n) is 7.43. The minimum absolute atomic E-state index is 0.0264. The Kier molecular flexibility index (Phi) is 4.84. The molecule has 0 bridgehead atoms. The van der Waals surface area contributed by atoms with Crippen LogP contribution in [0.5, 0.6) is 0 Å². The lowest BCUT2D eigenvalue weighted by molar-refractivity contribution is -0.143. The molecule has 2 heterocycles. The van der Waals surface area contributed by atoms with Crippen LogP contribution in [0.2, 0.25) is 0 Å². The van der Waals surface area contributed by atoms with E-state index in [1.807, 2.05) is 24.3 Å². The molecule has 0 spiro atoms. The highest BCUT2D eigenvalue weighted by Gasteiger charge is 2.66. The molecule has 0 radical (unpaired) electrons. The summed E-state index contributed by atoms with van der Waals surface area (Å²) >= 11 is 0. The van der Waals surface area contributed by atoms with Crippen LogP contribution in [0.1, 0.15) is 34.0 Å². The molecule has 1 saturated heterocycles. The van der Waals surface area contributed by atoms with Crippen LogP contribution in [0.25, 0.3) is 11.1 Å². The van der Waals surface area contributed by atoms with E-state index >= 15 is 0 Å². The van der Waals surface area contributed by atoms with Gasteiger partial charge in [0.2, 0.25) is 0 Å². The molecule has 1 aliphatic heterocycles. The van der Waals surface area contributed by atoms with E-state index in [0.29, 0.717) is 18.7 Å². The highest BCUT2D eigenvalue weighted by atomic mass is 16.5. The van der Waals surface area contributed by atoms with Gasteiger partial charge in [-0.3, -0.25) is 14.9 Å². The number of fused-ring (bicyclic) bond motifs is 4. The highest BCUT2D eigenvalue weighted by Crippen LogP contribution is 2.58. The second-order valence-electron chi connectivity index (χ2n) is 9.43. The molecule has 2 atom stereocenters. The number of carboxylic acid groups (broad SMARTS) is 1. The Balaban J connectivity index is 1.07. The molecule has 8 nitrogen and oxygen atoms in total. The fourth-order valence-corrected chi connectivity index (χ4v) is 5.48. The number of anilines is 1. The number of nitrogens with one attached hydrogen (secondary N) is 1. The number of amides is 2.